The number of esters is 1. The predicted molar refractivity (Wildman–Crippen MR) is 78.6 cm³/mol. The lowest BCUT2D eigenvalue weighted by Crippen LogP contribution is -2.56. The van der Waals surface area contributed by atoms with E-state index in [0.717, 1.165) is 32.1 Å². The Hall–Kier alpha value is -1.30. The number of rotatable bonds is 3. The SMILES string of the molecule is CC(=O)NNC(=O)COC(=O)C12C[C@@H]3C[C@@H](CC(Cl)(C3)C1)C2. The van der Waals surface area contributed by atoms with Crippen molar-refractivity contribution in [1.82, 2.24) is 10.9 Å². The standard InChI is InChI=1S/C15H21ClN2O4/c1-9(19)17-18-12(20)7-22-13(21)14-3-10-2-11(4-14)6-15(16,5-10)8-14/h10-11H,2-8H2,1H3,(H,17,19)(H,18,20)/t10-,11+,14?,15?. The average molecular weight is 329 g/mol. The van der Waals surface area contributed by atoms with Crippen LogP contribution in [0.25, 0.3) is 0 Å². The number of alkyl halides is 1. The number of halogens is 1. The van der Waals surface area contributed by atoms with Gasteiger partial charge in [0.25, 0.3) is 5.91 Å². The molecule has 0 spiro atoms. The zero-order valence-electron chi connectivity index (χ0n) is 12.6. The van der Waals surface area contributed by atoms with Gasteiger partial charge in [-0.1, -0.05) is 0 Å². The first-order valence-electron chi connectivity index (χ1n) is 7.72. The smallest absolute Gasteiger partial charge is 0.312 e. The molecule has 0 aromatic carbocycles. The van der Waals surface area contributed by atoms with Gasteiger partial charge in [-0.2, -0.15) is 0 Å². The van der Waals surface area contributed by atoms with Crippen LogP contribution in [0.15, 0.2) is 0 Å². The number of hydrazine groups is 1. The van der Waals surface area contributed by atoms with Crippen molar-refractivity contribution in [1.29, 1.82) is 0 Å². The molecule has 4 saturated carbocycles. The van der Waals surface area contributed by atoms with Gasteiger partial charge in [0.15, 0.2) is 6.61 Å². The van der Waals surface area contributed by atoms with E-state index in [2.05, 4.69) is 10.9 Å². The van der Waals surface area contributed by atoms with Crippen molar-refractivity contribution in [3.8, 4) is 0 Å². The van der Waals surface area contributed by atoms with Crippen LogP contribution >= 0.6 is 11.6 Å². The lowest BCUT2D eigenvalue weighted by Gasteiger charge is -2.58. The maximum atomic E-state index is 12.5. The van der Waals surface area contributed by atoms with Gasteiger partial charge in [-0.05, 0) is 50.4 Å². The van der Waals surface area contributed by atoms with Gasteiger partial charge >= 0.3 is 5.97 Å². The van der Waals surface area contributed by atoms with Crippen molar-refractivity contribution in [3.63, 3.8) is 0 Å². The lowest BCUT2D eigenvalue weighted by atomic mass is 9.49. The third kappa shape index (κ3) is 2.93. The van der Waals surface area contributed by atoms with Crippen LogP contribution < -0.4 is 10.9 Å². The second kappa shape index (κ2) is 5.41. The molecule has 4 fully saturated rings. The maximum absolute atomic E-state index is 12.5. The van der Waals surface area contributed by atoms with Crippen LogP contribution in [0, 0.1) is 17.3 Å². The minimum absolute atomic E-state index is 0.262. The zero-order valence-corrected chi connectivity index (χ0v) is 13.4. The Morgan fingerprint density at radius 1 is 1.14 bits per heavy atom. The summed E-state index contributed by atoms with van der Waals surface area (Å²) in [5.41, 5.74) is 3.82. The van der Waals surface area contributed by atoms with Crippen molar-refractivity contribution in [2.24, 2.45) is 17.3 Å². The molecular formula is C15H21ClN2O4. The van der Waals surface area contributed by atoms with E-state index in [9.17, 15) is 14.4 Å². The fourth-order valence-corrected chi connectivity index (χ4v) is 5.56. The second-order valence-corrected chi connectivity index (χ2v) is 8.00. The summed E-state index contributed by atoms with van der Waals surface area (Å²) in [5.74, 6) is -0.248. The third-order valence-corrected chi connectivity index (χ3v) is 5.58. The lowest BCUT2D eigenvalue weighted by molar-refractivity contribution is -0.171. The molecule has 0 aromatic rings. The van der Waals surface area contributed by atoms with E-state index in [1.807, 2.05) is 0 Å². The first-order chi connectivity index (χ1) is 10.3. The molecule has 0 aromatic heterocycles. The summed E-state index contributed by atoms with van der Waals surface area (Å²) < 4.78 is 5.21. The highest BCUT2D eigenvalue weighted by Crippen LogP contribution is 2.64. The summed E-state index contributed by atoms with van der Waals surface area (Å²) in [7, 11) is 0. The van der Waals surface area contributed by atoms with Crippen molar-refractivity contribution < 1.29 is 19.1 Å². The molecule has 0 aliphatic heterocycles. The van der Waals surface area contributed by atoms with Gasteiger partial charge in [-0.15, -0.1) is 11.6 Å². The highest BCUT2D eigenvalue weighted by molar-refractivity contribution is 6.24. The van der Waals surface area contributed by atoms with Crippen molar-refractivity contribution in [2.45, 2.75) is 50.3 Å². The number of hydrogen-bond acceptors (Lipinski definition) is 4. The summed E-state index contributed by atoms with van der Waals surface area (Å²) in [4.78, 5) is 34.5. The van der Waals surface area contributed by atoms with E-state index in [4.69, 9.17) is 16.3 Å². The number of carbonyl (C=O) groups excluding carboxylic acids is 3. The molecule has 0 radical (unpaired) electrons. The minimum atomic E-state index is -0.547. The Morgan fingerprint density at radius 2 is 1.77 bits per heavy atom. The molecule has 4 rings (SSSR count). The van der Waals surface area contributed by atoms with Gasteiger partial charge in [0.2, 0.25) is 5.91 Å². The zero-order chi connectivity index (χ0) is 16.0. The van der Waals surface area contributed by atoms with Gasteiger partial charge in [0.05, 0.1) is 5.41 Å². The van der Waals surface area contributed by atoms with Crippen LogP contribution in [0.2, 0.25) is 0 Å². The Labute approximate surface area is 134 Å². The van der Waals surface area contributed by atoms with Gasteiger partial charge in [-0.3, -0.25) is 25.2 Å². The molecular weight excluding hydrogens is 308 g/mol. The highest BCUT2D eigenvalue weighted by atomic mass is 35.5. The van der Waals surface area contributed by atoms with Gasteiger partial charge in [0.1, 0.15) is 0 Å². The highest BCUT2D eigenvalue weighted by Gasteiger charge is 2.60. The molecule has 2 amide bonds. The molecule has 4 bridgehead atoms. The minimum Gasteiger partial charge on any atom is -0.455 e. The predicted octanol–water partition coefficient (Wildman–Crippen LogP) is 1.27. The Morgan fingerprint density at radius 3 is 2.32 bits per heavy atom. The number of ether oxygens (including phenoxy) is 1. The molecule has 7 heteroatoms. The maximum Gasteiger partial charge on any atom is 0.312 e. The first kappa shape index (κ1) is 15.6. The fourth-order valence-electron chi connectivity index (χ4n) is 4.87. The van der Waals surface area contributed by atoms with Crippen LogP contribution in [0.5, 0.6) is 0 Å². The Kier molecular flexibility index (Phi) is 3.83. The van der Waals surface area contributed by atoms with Crippen LogP contribution in [0.1, 0.15) is 45.4 Å². The van der Waals surface area contributed by atoms with Gasteiger partial charge in [-0.25, -0.2) is 0 Å². The number of hydrogen-bond donors (Lipinski definition) is 2. The van der Waals surface area contributed by atoms with E-state index >= 15 is 0 Å². The normalized spacial score (nSPS) is 38.5. The molecule has 2 unspecified atom stereocenters. The van der Waals surface area contributed by atoms with Crippen LogP contribution in [0.3, 0.4) is 0 Å². The van der Waals surface area contributed by atoms with Crippen molar-refractivity contribution >= 4 is 29.4 Å². The van der Waals surface area contributed by atoms with E-state index in [-0.39, 0.29) is 23.4 Å². The monoisotopic (exact) mass is 328 g/mol. The summed E-state index contributed by atoms with van der Waals surface area (Å²) in [5, 5.41) is 0. The molecule has 4 aliphatic rings. The van der Waals surface area contributed by atoms with Crippen LogP contribution in [0.4, 0.5) is 0 Å². The van der Waals surface area contributed by atoms with Gasteiger partial charge < -0.3 is 4.74 Å². The second-order valence-electron chi connectivity index (χ2n) is 7.20. The average Bonchev–Trinajstić information content (AvgIpc) is 2.39. The molecule has 2 N–H and O–H groups in total. The molecule has 22 heavy (non-hydrogen) atoms. The summed E-state index contributed by atoms with van der Waals surface area (Å²) in [6, 6.07) is 0. The Balaban J connectivity index is 1.58. The van der Waals surface area contributed by atoms with Crippen molar-refractivity contribution in [2.75, 3.05) is 6.61 Å². The Bertz CT molecular complexity index is 508. The number of carbonyl (C=O) groups is 3. The summed E-state index contributed by atoms with van der Waals surface area (Å²) in [6.07, 6.45) is 5.44. The van der Waals surface area contributed by atoms with Crippen molar-refractivity contribution in [3.05, 3.63) is 0 Å². The fraction of sp³-hybridized carbons (Fsp3) is 0.800. The van der Waals surface area contributed by atoms with Gasteiger partial charge in [0, 0.05) is 11.8 Å². The molecule has 0 heterocycles. The van der Waals surface area contributed by atoms with Crippen LogP contribution in [-0.4, -0.2) is 29.3 Å². The molecule has 4 atom stereocenters. The number of amides is 2. The largest absolute Gasteiger partial charge is 0.455 e. The molecule has 122 valence electrons. The molecule has 0 saturated heterocycles. The molecule has 4 aliphatic carbocycles. The number of nitrogens with one attached hydrogen (secondary N) is 2. The van der Waals surface area contributed by atoms with Crippen LogP contribution in [-0.2, 0) is 19.1 Å². The third-order valence-electron chi connectivity index (χ3n) is 5.14. The summed E-state index contributed by atoms with van der Waals surface area (Å²) in [6.45, 7) is 0.896. The first-order valence-corrected chi connectivity index (χ1v) is 8.10. The topological polar surface area (TPSA) is 84.5 Å². The van der Waals surface area contributed by atoms with E-state index in [0.29, 0.717) is 18.3 Å². The molecule has 6 nitrogen and oxygen atoms in total. The van der Waals surface area contributed by atoms with E-state index < -0.39 is 11.3 Å². The quantitative estimate of drug-likeness (QED) is 0.464. The summed E-state index contributed by atoms with van der Waals surface area (Å²) >= 11 is 6.68. The van der Waals surface area contributed by atoms with E-state index in [1.165, 1.54) is 6.92 Å². The van der Waals surface area contributed by atoms with E-state index in [1.54, 1.807) is 0 Å².